The third kappa shape index (κ3) is 12.1. The molecule has 0 saturated carbocycles. The average Bonchev–Trinajstić information content (AvgIpc) is 1.85. The summed E-state index contributed by atoms with van der Waals surface area (Å²) in [6, 6.07) is 5.86. The van der Waals surface area contributed by atoms with Crippen molar-refractivity contribution in [2.24, 2.45) is 0 Å². The molecule has 0 saturated heterocycles. The van der Waals surface area contributed by atoms with Crippen molar-refractivity contribution in [3.8, 4) is 0 Å². The predicted molar refractivity (Wildman–Crippen MR) is 58.9 cm³/mol. The smallest absolute Gasteiger partial charge is 0.187 e. The van der Waals surface area contributed by atoms with Gasteiger partial charge in [0.1, 0.15) is 0 Å². The molecule has 0 bridgehead atoms. The lowest BCUT2D eigenvalue weighted by Gasteiger charge is -1.95. The first-order chi connectivity index (χ1) is 5.39. The third-order valence-electron chi connectivity index (χ3n) is 0.813. The van der Waals surface area contributed by atoms with Crippen molar-refractivity contribution in [2.75, 3.05) is 12.5 Å². The topological polar surface area (TPSA) is 30.0 Å². The second-order valence-electron chi connectivity index (χ2n) is 3.36. The van der Waals surface area contributed by atoms with Crippen molar-refractivity contribution in [2.45, 2.75) is 6.92 Å². The standard InChI is InChI=1S/C6H7N.C2H9BOS/c1-6-4-2-3-5-7-6;1-5(2,3)4/h2-5H,1H3;5H,3H2,1-2H3. The van der Waals surface area contributed by atoms with E-state index in [1.165, 1.54) is 0 Å². The highest BCUT2D eigenvalue weighted by molar-refractivity contribution is 8.21. The first-order valence-corrected chi connectivity index (χ1v) is 6.84. The number of hydrogen-bond acceptors (Lipinski definition) is 2. The minimum atomic E-state index is -1.64. The van der Waals surface area contributed by atoms with Gasteiger partial charge in [-0.2, -0.15) is 0 Å². The van der Waals surface area contributed by atoms with Crippen LogP contribution in [0.1, 0.15) is 5.69 Å². The molecule has 1 heterocycles. The minimum absolute atomic E-state index is 1.07. The van der Waals surface area contributed by atoms with Crippen LogP contribution in [-0.4, -0.2) is 28.8 Å². The van der Waals surface area contributed by atoms with E-state index in [1.54, 1.807) is 25.8 Å². The summed E-state index contributed by atoms with van der Waals surface area (Å²) in [6.07, 6.45) is 5.27. The van der Waals surface area contributed by atoms with Gasteiger partial charge in [-0.05, 0) is 31.6 Å². The van der Waals surface area contributed by atoms with Gasteiger partial charge in [-0.1, -0.05) is 6.07 Å². The second-order valence-corrected chi connectivity index (χ2v) is 7.14. The van der Waals surface area contributed by atoms with Crippen LogP contribution >= 0.6 is 0 Å². The maximum Gasteiger partial charge on any atom is 0.187 e. The fraction of sp³-hybridized carbons (Fsp3) is 0.375. The number of pyridine rings is 1. The van der Waals surface area contributed by atoms with Crippen LogP contribution in [0.25, 0.3) is 0 Å². The van der Waals surface area contributed by atoms with E-state index in [-0.39, 0.29) is 0 Å². The van der Waals surface area contributed by atoms with Crippen molar-refractivity contribution < 1.29 is 4.21 Å². The van der Waals surface area contributed by atoms with Crippen LogP contribution in [0.2, 0.25) is 0 Å². The monoisotopic (exact) mass is 185 g/mol. The van der Waals surface area contributed by atoms with E-state index < -0.39 is 9.78 Å². The molecule has 1 aromatic rings. The fourth-order valence-electron chi connectivity index (χ4n) is 0.448. The Labute approximate surface area is 76.1 Å². The Hall–Kier alpha value is -0.635. The summed E-state index contributed by atoms with van der Waals surface area (Å²) in [5.41, 5.74) is 1.07. The van der Waals surface area contributed by atoms with Crippen LogP contribution in [0.15, 0.2) is 24.4 Å². The van der Waals surface area contributed by atoms with E-state index in [1.807, 2.05) is 25.1 Å². The quantitative estimate of drug-likeness (QED) is 0.462. The molecule has 1 aromatic heterocycles. The van der Waals surface area contributed by atoms with E-state index in [0.717, 1.165) is 5.69 Å². The third-order valence-corrected chi connectivity index (χ3v) is 0.813. The molecule has 0 amide bonds. The van der Waals surface area contributed by atoms with E-state index in [4.69, 9.17) is 0 Å². The number of hydrogen-bond donors (Lipinski definition) is 1. The zero-order valence-corrected chi connectivity index (χ0v) is 9.01. The van der Waals surface area contributed by atoms with Crippen molar-refractivity contribution in [1.82, 2.24) is 4.98 Å². The first kappa shape index (κ1) is 11.4. The van der Waals surface area contributed by atoms with Crippen molar-refractivity contribution in [3.63, 3.8) is 0 Å². The second kappa shape index (κ2) is 5.09. The molecule has 0 N–H and O–H groups in total. The van der Waals surface area contributed by atoms with Gasteiger partial charge in [0, 0.05) is 11.9 Å². The summed E-state index contributed by atoms with van der Waals surface area (Å²) in [6.45, 7) is 1.97. The highest BCUT2D eigenvalue weighted by Gasteiger charge is 1.81. The molecule has 0 fully saturated rings. The summed E-state index contributed by atoms with van der Waals surface area (Å²) in [5.74, 6) is 0. The SMILES string of the molecule is B[SH](C)(C)=O.Cc1ccccn1. The summed E-state index contributed by atoms with van der Waals surface area (Å²) in [5, 5.41) is 0. The van der Waals surface area contributed by atoms with Gasteiger partial charge in [0.05, 0.1) is 0 Å². The van der Waals surface area contributed by atoms with Gasteiger partial charge in [-0.3, -0.25) is 9.19 Å². The zero-order chi connectivity index (χ0) is 9.61. The Bertz CT molecular complexity index is 249. The van der Waals surface area contributed by atoms with E-state index in [0.29, 0.717) is 0 Å². The molecular formula is C8H16BNOS. The first-order valence-electron chi connectivity index (χ1n) is 3.79. The zero-order valence-electron chi connectivity index (χ0n) is 8.11. The van der Waals surface area contributed by atoms with Crippen LogP contribution in [0, 0.1) is 6.92 Å². The molecule has 0 aromatic carbocycles. The number of aromatic nitrogens is 1. The minimum Gasteiger partial charge on any atom is -0.296 e. The van der Waals surface area contributed by atoms with Crippen LogP contribution in [0.3, 0.4) is 0 Å². The molecule has 0 aliphatic rings. The van der Waals surface area contributed by atoms with Crippen molar-refractivity contribution in [3.05, 3.63) is 30.1 Å². The molecule has 0 aliphatic carbocycles. The Morgan fingerprint density at radius 2 is 1.92 bits per heavy atom. The largest absolute Gasteiger partial charge is 0.296 e. The van der Waals surface area contributed by atoms with Gasteiger partial charge in [0.2, 0.25) is 0 Å². The van der Waals surface area contributed by atoms with E-state index in [9.17, 15) is 4.21 Å². The van der Waals surface area contributed by atoms with Gasteiger partial charge in [-0.25, -0.2) is 0 Å². The Morgan fingerprint density at radius 1 is 1.42 bits per heavy atom. The van der Waals surface area contributed by atoms with E-state index in [2.05, 4.69) is 4.98 Å². The molecule has 2 nitrogen and oxygen atoms in total. The lowest BCUT2D eigenvalue weighted by atomic mass is 10.4. The molecule has 4 heteroatoms. The molecule has 0 atom stereocenters. The molecule has 12 heavy (non-hydrogen) atoms. The van der Waals surface area contributed by atoms with Crippen molar-refractivity contribution in [1.29, 1.82) is 0 Å². The number of thiol groups is 1. The van der Waals surface area contributed by atoms with Crippen LogP contribution in [-0.2, 0) is 9.78 Å². The summed E-state index contributed by atoms with van der Waals surface area (Å²) in [7, 11) is 0.104. The van der Waals surface area contributed by atoms with Crippen LogP contribution < -0.4 is 0 Å². The lowest BCUT2D eigenvalue weighted by molar-refractivity contribution is 0.687. The van der Waals surface area contributed by atoms with Gasteiger partial charge in [0.15, 0.2) is 7.12 Å². The van der Waals surface area contributed by atoms with Crippen LogP contribution in [0.5, 0.6) is 0 Å². The molecule has 0 spiro atoms. The average molecular weight is 185 g/mol. The van der Waals surface area contributed by atoms with Crippen LogP contribution in [0.4, 0.5) is 0 Å². The van der Waals surface area contributed by atoms with Gasteiger partial charge in [-0.15, -0.1) is 9.78 Å². The van der Waals surface area contributed by atoms with E-state index >= 15 is 0 Å². The summed E-state index contributed by atoms with van der Waals surface area (Å²) in [4.78, 5) is 3.98. The molecule has 68 valence electrons. The highest BCUT2D eigenvalue weighted by atomic mass is 32.2. The predicted octanol–water partition coefficient (Wildman–Crippen LogP) is 0.201. The molecule has 1 rings (SSSR count). The number of aryl methyl sites for hydroxylation is 1. The molecular weight excluding hydrogens is 169 g/mol. The fourth-order valence-corrected chi connectivity index (χ4v) is 0.448. The molecule has 0 unspecified atom stereocenters. The number of rotatable bonds is 0. The Morgan fingerprint density at radius 3 is 2.08 bits per heavy atom. The van der Waals surface area contributed by atoms with Gasteiger partial charge < -0.3 is 0 Å². The maximum absolute atomic E-state index is 10.2. The van der Waals surface area contributed by atoms with Gasteiger partial charge >= 0.3 is 0 Å². The Kier molecular flexibility index (Phi) is 4.82. The highest BCUT2D eigenvalue weighted by Crippen LogP contribution is 1.86. The Balaban J connectivity index is 0.000000217. The number of nitrogens with zero attached hydrogens (tertiary/aromatic N) is 1. The van der Waals surface area contributed by atoms with Crippen molar-refractivity contribution >= 4 is 16.9 Å². The molecule has 0 radical (unpaired) electrons. The normalized spacial score (nSPS) is 11.2. The lowest BCUT2D eigenvalue weighted by Crippen LogP contribution is -2.01. The maximum atomic E-state index is 10.2. The molecule has 0 aliphatic heterocycles. The summed E-state index contributed by atoms with van der Waals surface area (Å²) >= 11 is 0. The summed E-state index contributed by atoms with van der Waals surface area (Å²) < 4.78 is 10.2. The van der Waals surface area contributed by atoms with Gasteiger partial charge in [0.25, 0.3) is 0 Å².